The Morgan fingerprint density at radius 3 is 2.86 bits per heavy atom. The molecule has 2 N–H and O–H groups in total. The fourth-order valence-corrected chi connectivity index (χ4v) is 1.63. The molecule has 4 heteroatoms. The maximum absolute atomic E-state index is 11.1. The van der Waals surface area contributed by atoms with E-state index in [0.717, 1.165) is 25.8 Å². The number of hydrogen-bond acceptors (Lipinski definition) is 2. The number of piperidine rings is 1. The summed E-state index contributed by atoms with van der Waals surface area (Å²) in [5, 5.41) is 0. The molecule has 0 aromatic rings. The van der Waals surface area contributed by atoms with Crippen LogP contribution in [0.3, 0.4) is 0 Å². The number of carbonyl (C=O) groups is 1. The molecule has 0 radical (unpaired) electrons. The molecule has 1 heterocycles. The molecule has 0 bridgehead atoms. The second-order valence-electron chi connectivity index (χ2n) is 4.21. The minimum Gasteiger partial charge on any atom is -0.358 e. The average Bonchev–Trinajstić information content (AvgIpc) is 2.15. The summed E-state index contributed by atoms with van der Waals surface area (Å²) in [4.78, 5) is 12.7. The standard InChI is InChI=1S/C10H20N2O2/c1-8(2)7-14-9-5-3-4-6-12(9)10(11)13/h8-9H,3-7H2,1-2H3,(H2,11,13). The van der Waals surface area contributed by atoms with E-state index in [1.165, 1.54) is 0 Å². The maximum atomic E-state index is 11.1. The van der Waals surface area contributed by atoms with E-state index in [1.807, 2.05) is 0 Å². The topological polar surface area (TPSA) is 55.6 Å². The predicted octanol–water partition coefficient (Wildman–Crippen LogP) is 1.55. The molecule has 0 spiro atoms. The largest absolute Gasteiger partial charge is 0.358 e. The summed E-state index contributed by atoms with van der Waals surface area (Å²) in [6.07, 6.45) is 2.97. The first-order valence-corrected chi connectivity index (χ1v) is 5.29. The van der Waals surface area contributed by atoms with Gasteiger partial charge in [0, 0.05) is 6.54 Å². The summed E-state index contributed by atoms with van der Waals surface area (Å²) in [6.45, 7) is 5.61. The Labute approximate surface area is 85.4 Å². The van der Waals surface area contributed by atoms with Gasteiger partial charge in [-0.1, -0.05) is 13.8 Å². The molecule has 1 aliphatic rings. The van der Waals surface area contributed by atoms with Crippen molar-refractivity contribution in [2.75, 3.05) is 13.2 Å². The number of nitrogens with two attached hydrogens (primary N) is 1. The first-order valence-electron chi connectivity index (χ1n) is 5.29. The SMILES string of the molecule is CC(C)COC1CCCCN1C(N)=O. The van der Waals surface area contributed by atoms with Crippen LogP contribution < -0.4 is 5.73 Å². The zero-order chi connectivity index (χ0) is 10.6. The number of amides is 2. The van der Waals surface area contributed by atoms with E-state index >= 15 is 0 Å². The van der Waals surface area contributed by atoms with Gasteiger partial charge in [0.05, 0.1) is 6.61 Å². The molecule has 1 unspecified atom stereocenters. The van der Waals surface area contributed by atoms with Crippen LogP contribution in [0, 0.1) is 5.92 Å². The lowest BCUT2D eigenvalue weighted by Gasteiger charge is -2.34. The van der Waals surface area contributed by atoms with Crippen LogP contribution in [0.4, 0.5) is 4.79 Å². The van der Waals surface area contributed by atoms with Crippen LogP contribution in [0.1, 0.15) is 33.1 Å². The van der Waals surface area contributed by atoms with Crippen molar-refractivity contribution in [3.8, 4) is 0 Å². The number of hydrogen-bond donors (Lipinski definition) is 1. The van der Waals surface area contributed by atoms with Crippen molar-refractivity contribution in [3.05, 3.63) is 0 Å². The lowest BCUT2D eigenvalue weighted by Crippen LogP contribution is -2.48. The summed E-state index contributed by atoms with van der Waals surface area (Å²) in [6, 6.07) is -0.363. The van der Waals surface area contributed by atoms with Gasteiger partial charge in [0.25, 0.3) is 0 Å². The van der Waals surface area contributed by atoms with Gasteiger partial charge in [0.1, 0.15) is 6.23 Å². The highest BCUT2D eigenvalue weighted by molar-refractivity contribution is 5.72. The molecule has 82 valence electrons. The van der Waals surface area contributed by atoms with Crippen LogP contribution in [0.25, 0.3) is 0 Å². The van der Waals surface area contributed by atoms with Gasteiger partial charge < -0.3 is 10.5 Å². The lowest BCUT2D eigenvalue weighted by atomic mass is 10.1. The molecule has 0 saturated carbocycles. The third kappa shape index (κ3) is 3.18. The molecule has 2 amide bonds. The smallest absolute Gasteiger partial charge is 0.316 e. The third-order valence-electron chi connectivity index (χ3n) is 2.35. The molecule has 4 nitrogen and oxygen atoms in total. The molecule has 0 aliphatic carbocycles. The molecule has 0 aromatic carbocycles. The number of carbonyl (C=O) groups excluding carboxylic acids is 1. The summed E-state index contributed by atoms with van der Waals surface area (Å²) in [5.74, 6) is 0.492. The number of rotatable bonds is 3. The van der Waals surface area contributed by atoms with Gasteiger partial charge in [-0.3, -0.25) is 4.90 Å². The van der Waals surface area contributed by atoms with Gasteiger partial charge in [-0.05, 0) is 25.2 Å². The van der Waals surface area contributed by atoms with Crippen LogP contribution in [0.5, 0.6) is 0 Å². The summed E-state index contributed by atoms with van der Waals surface area (Å²) in [7, 11) is 0. The van der Waals surface area contributed by atoms with Gasteiger partial charge in [0.2, 0.25) is 0 Å². The first kappa shape index (κ1) is 11.3. The Hall–Kier alpha value is -0.770. The molecule has 1 fully saturated rings. The maximum Gasteiger partial charge on any atom is 0.316 e. The highest BCUT2D eigenvalue weighted by Gasteiger charge is 2.25. The van der Waals surface area contributed by atoms with Gasteiger partial charge in [-0.25, -0.2) is 4.79 Å². The van der Waals surface area contributed by atoms with Crippen LogP contribution in [-0.4, -0.2) is 30.3 Å². The van der Waals surface area contributed by atoms with Crippen LogP contribution in [0.15, 0.2) is 0 Å². The van der Waals surface area contributed by atoms with E-state index < -0.39 is 0 Å². The highest BCUT2D eigenvalue weighted by Crippen LogP contribution is 2.18. The summed E-state index contributed by atoms with van der Waals surface area (Å²) >= 11 is 0. The Balaban J connectivity index is 2.42. The van der Waals surface area contributed by atoms with E-state index in [1.54, 1.807) is 4.90 Å². The molecule has 1 atom stereocenters. The number of ether oxygens (including phenoxy) is 1. The highest BCUT2D eigenvalue weighted by atomic mass is 16.5. The van der Waals surface area contributed by atoms with Crippen molar-refractivity contribution in [1.29, 1.82) is 0 Å². The Morgan fingerprint density at radius 1 is 1.57 bits per heavy atom. The summed E-state index contributed by atoms with van der Waals surface area (Å²) in [5.41, 5.74) is 5.27. The van der Waals surface area contributed by atoms with E-state index in [4.69, 9.17) is 10.5 Å². The van der Waals surface area contributed by atoms with Crippen molar-refractivity contribution >= 4 is 6.03 Å². The molecule has 1 aliphatic heterocycles. The predicted molar refractivity (Wildman–Crippen MR) is 54.7 cm³/mol. The van der Waals surface area contributed by atoms with E-state index in [-0.39, 0.29) is 12.3 Å². The third-order valence-corrected chi connectivity index (χ3v) is 2.35. The Morgan fingerprint density at radius 2 is 2.29 bits per heavy atom. The summed E-state index contributed by atoms with van der Waals surface area (Å²) < 4.78 is 5.64. The molecule has 0 aromatic heterocycles. The van der Waals surface area contributed by atoms with E-state index in [2.05, 4.69) is 13.8 Å². The van der Waals surface area contributed by atoms with Gasteiger partial charge >= 0.3 is 6.03 Å². The van der Waals surface area contributed by atoms with Crippen molar-refractivity contribution in [2.24, 2.45) is 11.7 Å². The number of primary amides is 1. The van der Waals surface area contributed by atoms with Crippen molar-refractivity contribution < 1.29 is 9.53 Å². The Bertz CT molecular complexity index is 195. The lowest BCUT2D eigenvalue weighted by molar-refractivity contribution is -0.0643. The number of urea groups is 1. The van der Waals surface area contributed by atoms with Gasteiger partial charge in [-0.2, -0.15) is 0 Å². The molecule has 1 saturated heterocycles. The quantitative estimate of drug-likeness (QED) is 0.751. The molecule has 14 heavy (non-hydrogen) atoms. The van der Waals surface area contributed by atoms with E-state index in [0.29, 0.717) is 12.5 Å². The van der Waals surface area contributed by atoms with Gasteiger partial charge in [0.15, 0.2) is 0 Å². The van der Waals surface area contributed by atoms with Crippen molar-refractivity contribution in [3.63, 3.8) is 0 Å². The van der Waals surface area contributed by atoms with E-state index in [9.17, 15) is 4.79 Å². The average molecular weight is 200 g/mol. The van der Waals surface area contributed by atoms with Gasteiger partial charge in [-0.15, -0.1) is 0 Å². The molecule has 1 rings (SSSR count). The monoisotopic (exact) mass is 200 g/mol. The van der Waals surface area contributed by atoms with Crippen LogP contribution >= 0.6 is 0 Å². The van der Waals surface area contributed by atoms with Crippen molar-refractivity contribution in [2.45, 2.75) is 39.3 Å². The van der Waals surface area contributed by atoms with Crippen LogP contribution in [0.2, 0.25) is 0 Å². The minimum atomic E-state index is -0.363. The van der Waals surface area contributed by atoms with Crippen LogP contribution in [-0.2, 0) is 4.74 Å². The Kier molecular flexibility index (Phi) is 4.20. The normalized spacial score (nSPS) is 22.8. The molecular formula is C10H20N2O2. The minimum absolute atomic E-state index is 0.0938. The fraction of sp³-hybridized carbons (Fsp3) is 0.900. The number of likely N-dealkylation sites (tertiary alicyclic amines) is 1. The van der Waals surface area contributed by atoms with Crippen molar-refractivity contribution in [1.82, 2.24) is 4.90 Å². The zero-order valence-corrected chi connectivity index (χ0v) is 9.03. The number of nitrogens with zero attached hydrogens (tertiary/aromatic N) is 1. The zero-order valence-electron chi connectivity index (χ0n) is 9.03. The fourth-order valence-electron chi connectivity index (χ4n) is 1.63. The second kappa shape index (κ2) is 5.20. The second-order valence-corrected chi connectivity index (χ2v) is 4.21. The first-order chi connectivity index (χ1) is 6.61. The molecular weight excluding hydrogens is 180 g/mol.